The van der Waals surface area contributed by atoms with Crippen LogP contribution in [0.15, 0.2) is 36.4 Å². The van der Waals surface area contributed by atoms with Crippen LogP contribution in [0.3, 0.4) is 0 Å². The predicted molar refractivity (Wildman–Crippen MR) is 92.4 cm³/mol. The predicted octanol–water partition coefficient (Wildman–Crippen LogP) is 2.10. The third kappa shape index (κ3) is 3.08. The van der Waals surface area contributed by atoms with Crippen molar-refractivity contribution in [1.29, 1.82) is 0 Å². The van der Waals surface area contributed by atoms with Crippen LogP contribution in [0.4, 0.5) is 0 Å². The Hall–Kier alpha value is -2.14. The van der Waals surface area contributed by atoms with Crippen molar-refractivity contribution in [2.24, 2.45) is 5.92 Å². The minimum atomic E-state index is -0.842. The summed E-state index contributed by atoms with van der Waals surface area (Å²) in [6.07, 6.45) is 5.84. The number of nitrogens with zero attached hydrogens (tertiary/aromatic N) is 2. The first-order valence-electron chi connectivity index (χ1n) is 8.46. The van der Waals surface area contributed by atoms with Crippen molar-refractivity contribution in [3.8, 4) is 0 Å². The van der Waals surface area contributed by atoms with Gasteiger partial charge >= 0.3 is 5.97 Å². The van der Waals surface area contributed by atoms with E-state index in [1.807, 2.05) is 18.2 Å². The molecule has 0 aromatic heterocycles. The van der Waals surface area contributed by atoms with Crippen molar-refractivity contribution in [3.63, 3.8) is 0 Å². The molecule has 5 nitrogen and oxygen atoms in total. The maximum absolute atomic E-state index is 12.0. The number of piperidine rings is 1. The molecular formula is C19H24N2O3. The van der Waals surface area contributed by atoms with Gasteiger partial charge < -0.3 is 10.0 Å². The lowest BCUT2D eigenvalue weighted by molar-refractivity contribution is -0.146. The molecule has 2 aliphatic rings. The van der Waals surface area contributed by atoms with Gasteiger partial charge in [0.25, 0.3) is 0 Å². The van der Waals surface area contributed by atoms with Gasteiger partial charge in [-0.2, -0.15) is 0 Å². The van der Waals surface area contributed by atoms with Crippen LogP contribution in [-0.4, -0.2) is 59.0 Å². The molecule has 24 heavy (non-hydrogen) atoms. The van der Waals surface area contributed by atoms with Crippen molar-refractivity contribution in [2.45, 2.75) is 24.8 Å². The van der Waals surface area contributed by atoms with Crippen molar-refractivity contribution in [2.75, 3.05) is 26.7 Å². The van der Waals surface area contributed by atoms with Gasteiger partial charge in [-0.05, 0) is 18.4 Å². The normalized spacial score (nSPS) is 24.1. The SMILES string of the molecule is CN1C(=O)C[C@@H](C(=O)O)C12CCN(C/C=C/c1ccccc1)CC2. The van der Waals surface area contributed by atoms with Crippen LogP contribution in [0.5, 0.6) is 0 Å². The van der Waals surface area contributed by atoms with Crippen LogP contribution in [0.1, 0.15) is 24.8 Å². The Kier molecular flexibility index (Phi) is 4.71. The second-order valence-electron chi connectivity index (χ2n) is 6.76. The Bertz CT molecular complexity index is 633. The molecule has 128 valence electrons. The van der Waals surface area contributed by atoms with Crippen LogP contribution in [0.2, 0.25) is 0 Å². The van der Waals surface area contributed by atoms with E-state index in [2.05, 4.69) is 29.2 Å². The summed E-state index contributed by atoms with van der Waals surface area (Å²) < 4.78 is 0. The maximum atomic E-state index is 12.0. The van der Waals surface area contributed by atoms with Gasteiger partial charge in [0, 0.05) is 33.1 Å². The number of likely N-dealkylation sites (tertiary alicyclic amines) is 2. The first-order chi connectivity index (χ1) is 11.5. The summed E-state index contributed by atoms with van der Waals surface area (Å²) >= 11 is 0. The quantitative estimate of drug-likeness (QED) is 0.919. The van der Waals surface area contributed by atoms with Gasteiger partial charge in [-0.25, -0.2) is 0 Å². The number of hydrogen-bond donors (Lipinski definition) is 1. The molecule has 1 atom stereocenters. The fourth-order valence-electron chi connectivity index (χ4n) is 4.01. The van der Waals surface area contributed by atoms with Gasteiger partial charge in [0.1, 0.15) is 0 Å². The summed E-state index contributed by atoms with van der Waals surface area (Å²) in [7, 11) is 1.76. The molecule has 3 rings (SSSR count). The van der Waals surface area contributed by atoms with Gasteiger partial charge in [0.05, 0.1) is 11.5 Å². The van der Waals surface area contributed by atoms with Crippen molar-refractivity contribution in [3.05, 3.63) is 42.0 Å². The molecule has 1 aromatic carbocycles. The molecule has 2 saturated heterocycles. The largest absolute Gasteiger partial charge is 0.481 e. The number of amides is 1. The van der Waals surface area contributed by atoms with Gasteiger partial charge in [-0.15, -0.1) is 0 Å². The summed E-state index contributed by atoms with van der Waals surface area (Å²) in [4.78, 5) is 27.6. The molecule has 0 saturated carbocycles. The minimum absolute atomic E-state index is 0.0418. The number of carboxylic acids is 1. The molecule has 5 heteroatoms. The van der Waals surface area contributed by atoms with Gasteiger partial charge in [0.2, 0.25) is 5.91 Å². The fraction of sp³-hybridized carbons (Fsp3) is 0.474. The molecule has 0 unspecified atom stereocenters. The zero-order valence-electron chi connectivity index (χ0n) is 14.0. The number of hydrogen-bond acceptors (Lipinski definition) is 3. The third-order valence-corrected chi connectivity index (χ3v) is 5.56. The number of aliphatic carboxylic acids is 1. The van der Waals surface area contributed by atoms with E-state index in [0.717, 1.165) is 32.5 Å². The van der Waals surface area contributed by atoms with E-state index >= 15 is 0 Å². The Labute approximate surface area is 142 Å². The van der Waals surface area contributed by atoms with E-state index in [-0.39, 0.29) is 12.3 Å². The average Bonchev–Trinajstić information content (AvgIpc) is 2.83. The van der Waals surface area contributed by atoms with Crippen molar-refractivity contribution in [1.82, 2.24) is 9.80 Å². The lowest BCUT2D eigenvalue weighted by Gasteiger charge is -2.45. The van der Waals surface area contributed by atoms with Crippen molar-refractivity contribution < 1.29 is 14.7 Å². The molecule has 2 heterocycles. The van der Waals surface area contributed by atoms with Crippen LogP contribution < -0.4 is 0 Å². The highest BCUT2D eigenvalue weighted by Crippen LogP contribution is 2.42. The highest BCUT2D eigenvalue weighted by Gasteiger charge is 2.55. The van der Waals surface area contributed by atoms with Crippen LogP contribution >= 0.6 is 0 Å². The lowest BCUT2D eigenvalue weighted by atomic mass is 9.77. The molecule has 2 aliphatic heterocycles. The topological polar surface area (TPSA) is 60.9 Å². The zero-order chi connectivity index (χ0) is 17.2. The Morgan fingerprint density at radius 3 is 2.58 bits per heavy atom. The number of carbonyl (C=O) groups excluding carboxylic acids is 1. The zero-order valence-corrected chi connectivity index (χ0v) is 14.0. The highest BCUT2D eigenvalue weighted by molar-refractivity contribution is 5.88. The van der Waals surface area contributed by atoms with Crippen LogP contribution in [0, 0.1) is 5.92 Å². The van der Waals surface area contributed by atoms with Gasteiger partial charge in [0.15, 0.2) is 0 Å². The summed E-state index contributed by atoms with van der Waals surface area (Å²) in [5.74, 6) is -1.46. The highest BCUT2D eigenvalue weighted by atomic mass is 16.4. The maximum Gasteiger partial charge on any atom is 0.309 e. The summed E-state index contributed by atoms with van der Waals surface area (Å²) in [5.41, 5.74) is 0.681. The average molecular weight is 328 g/mol. The summed E-state index contributed by atoms with van der Waals surface area (Å²) in [6.45, 7) is 2.49. The standard InChI is InChI=1S/C19H24N2O3/c1-20-17(22)14-16(18(23)24)19(20)9-12-21(13-10-19)11-5-8-15-6-3-2-4-7-15/h2-8,16H,9-14H2,1H3,(H,23,24)/b8-5+/t16-/m0/s1. The van der Waals surface area contributed by atoms with Gasteiger partial charge in [-0.1, -0.05) is 42.5 Å². The fourth-order valence-corrected chi connectivity index (χ4v) is 4.01. The number of carboxylic acid groups (broad SMARTS) is 1. The third-order valence-electron chi connectivity index (χ3n) is 5.56. The van der Waals surface area contributed by atoms with E-state index < -0.39 is 17.4 Å². The first-order valence-corrected chi connectivity index (χ1v) is 8.46. The van der Waals surface area contributed by atoms with Gasteiger partial charge in [-0.3, -0.25) is 14.5 Å². The summed E-state index contributed by atoms with van der Waals surface area (Å²) in [6, 6.07) is 10.2. The van der Waals surface area contributed by atoms with E-state index in [4.69, 9.17) is 0 Å². The molecule has 2 fully saturated rings. The molecule has 1 aromatic rings. The molecular weight excluding hydrogens is 304 g/mol. The van der Waals surface area contributed by atoms with E-state index in [1.165, 1.54) is 5.56 Å². The van der Waals surface area contributed by atoms with E-state index in [0.29, 0.717) is 0 Å². The van der Waals surface area contributed by atoms with E-state index in [1.54, 1.807) is 11.9 Å². The second kappa shape index (κ2) is 6.77. The van der Waals surface area contributed by atoms with Crippen LogP contribution in [-0.2, 0) is 9.59 Å². The molecule has 1 spiro atoms. The van der Waals surface area contributed by atoms with E-state index in [9.17, 15) is 14.7 Å². The van der Waals surface area contributed by atoms with Crippen molar-refractivity contribution >= 4 is 18.0 Å². The van der Waals surface area contributed by atoms with Crippen LogP contribution in [0.25, 0.3) is 6.08 Å². The first kappa shape index (κ1) is 16.7. The molecule has 1 N–H and O–H groups in total. The smallest absolute Gasteiger partial charge is 0.309 e. The molecule has 0 bridgehead atoms. The molecule has 1 amide bonds. The Morgan fingerprint density at radius 2 is 1.96 bits per heavy atom. The number of benzene rings is 1. The summed E-state index contributed by atoms with van der Waals surface area (Å²) in [5, 5.41) is 9.50. The molecule has 0 aliphatic carbocycles. The molecule has 0 radical (unpaired) electrons. The lowest BCUT2D eigenvalue weighted by Crippen LogP contribution is -2.56. The minimum Gasteiger partial charge on any atom is -0.481 e. The Morgan fingerprint density at radius 1 is 1.29 bits per heavy atom. The Balaban J connectivity index is 1.60. The second-order valence-corrected chi connectivity index (χ2v) is 6.76. The number of rotatable bonds is 4. The number of carbonyl (C=O) groups is 2. The monoisotopic (exact) mass is 328 g/mol.